The molecule has 7 heteroatoms. The van der Waals surface area contributed by atoms with Crippen LogP contribution in [-0.4, -0.2) is 17.5 Å². The fourth-order valence-electron chi connectivity index (χ4n) is 3.78. The SMILES string of the molecule is CC1(C)C=Cc2c(cc3c(oc(=O)c4c5cc6c(cc5oc34)OCO6)c2O)O1. The van der Waals surface area contributed by atoms with Crippen LogP contribution in [0.25, 0.3) is 39.0 Å². The third-order valence-corrected chi connectivity index (χ3v) is 5.11. The lowest BCUT2D eigenvalue weighted by atomic mass is 10.00. The number of benzene rings is 2. The molecular weight excluding hydrogens is 364 g/mol. The quantitative estimate of drug-likeness (QED) is 0.456. The molecule has 4 heterocycles. The van der Waals surface area contributed by atoms with Gasteiger partial charge in [-0.3, -0.25) is 0 Å². The molecule has 0 amide bonds. The summed E-state index contributed by atoms with van der Waals surface area (Å²) >= 11 is 0. The van der Waals surface area contributed by atoms with E-state index in [1.54, 1.807) is 24.3 Å². The van der Waals surface area contributed by atoms with Gasteiger partial charge >= 0.3 is 5.63 Å². The fraction of sp³-hybridized carbons (Fsp3) is 0.190. The second-order valence-corrected chi connectivity index (χ2v) is 7.45. The number of hydrogen-bond donors (Lipinski definition) is 1. The van der Waals surface area contributed by atoms with Crippen LogP contribution in [0.3, 0.4) is 0 Å². The van der Waals surface area contributed by atoms with Gasteiger partial charge < -0.3 is 28.2 Å². The maximum atomic E-state index is 12.7. The summed E-state index contributed by atoms with van der Waals surface area (Å²) in [7, 11) is 0. The summed E-state index contributed by atoms with van der Waals surface area (Å²) in [5.74, 6) is 1.42. The Labute approximate surface area is 157 Å². The summed E-state index contributed by atoms with van der Waals surface area (Å²) in [5.41, 5.74) is 0.188. The average Bonchev–Trinajstić information content (AvgIpc) is 3.24. The molecule has 0 spiro atoms. The lowest BCUT2D eigenvalue weighted by Gasteiger charge is -2.28. The molecule has 140 valence electrons. The van der Waals surface area contributed by atoms with Crippen LogP contribution in [0.2, 0.25) is 0 Å². The van der Waals surface area contributed by atoms with Crippen LogP contribution in [-0.2, 0) is 0 Å². The first-order valence-corrected chi connectivity index (χ1v) is 8.78. The zero-order valence-corrected chi connectivity index (χ0v) is 15.0. The minimum absolute atomic E-state index is 0.0586. The number of phenolic OH excluding ortho intramolecular Hbond substituents is 1. The molecule has 0 radical (unpaired) electrons. The monoisotopic (exact) mass is 378 g/mol. The molecule has 0 atom stereocenters. The Morgan fingerprint density at radius 2 is 1.71 bits per heavy atom. The van der Waals surface area contributed by atoms with Gasteiger partial charge in [-0.05, 0) is 38.1 Å². The third kappa shape index (κ3) is 1.90. The molecular formula is C21H14O7. The molecule has 1 N–H and O–H groups in total. The number of rotatable bonds is 0. The largest absolute Gasteiger partial charge is 0.504 e. The van der Waals surface area contributed by atoms with Crippen LogP contribution in [0.15, 0.2) is 37.9 Å². The van der Waals surface area contributed by atoms with Crippen molar-refractivity contribution in [1.29, 1.82) is 0 Å². The first-order chi connectivity index (χ1) is 13.4. The second-order valence-electron chi connectivity index (χ2n) is 7.45. The summed E-state index contributed by atoms with van der Waals surface area (Å²) in [6, 6.07) is 5.11. The predicted octanol–water partition coefficient (Wildman–Crippen LogP) is 4.31. The Balaban J connectivity index is 1.76. The smallest absolute Gasteiger partial charge is 0.348 e. The lowest BCUT2D eigenvalue weighted by Crippen LogP contribution is -2.27. The van der Waals surface area contributed by atoms with Gasteiger partial charge in [0, 0.05) is 11.5 Å². The van der Waals surface area contributed by atoms with Crippen molar-refractivity contribution in [3.05, 3.63) is 40.3 Å². The van der Waals surface area contributed by atoms with Crippen molar-refractivity contribution in [3.63, 3.8) is 0 Å². The van der Waals surface area contributed by atoms with Crippen molar-refractivity contribution < 1.29 is 28.2 Å². The van der Waals surface area contributed by atoms with Gasteiger partial charge in [0.05, 0.1) is 10.9 Å². The van der Waals surface area contributed by atoms with Crippen LogP contribution in [0, 0.1) is 0 Å². The standard InChI is InChI=1S/C21H14O7/c1-21(2)4-3-9-13(28-21)6-11-18-16(20(23)27-19(11)17(9)22)10-5-14-15(25-8-24-14)7-12(10)26-18/h3-7,22H,8H2,1-2H3. The molecule has 28 heavy (non-hydrogen) atoms. The van der Waals surface area contributed by atoms with E-state index in [9.17, 15) is 9.90 Å². The van der Waals surface area contributed by atoms with E-state index in [1.807, 2.05) is 19.9 Å². The molecule has 7 nitrogen and oxygen atoms in total. The van der Waals surface area contributed by atoms with Crippen LogP contribution >= 0.6 is 0 Å². The number of furan rings is 1. The minimum atomic E-state index is -0.601. The van der Waals surface area contributed by atoms with Crippen molar-refractivity contribution in [2.24, 2.45) is 0 Å². The van der Waals surface area contributed by atoms with E-state index in [2.05, 4.69) is 0 Å². The second kappa shape index (κ2) is 4.81. The van der Waals surface area contributed by atoms with Gasteiger partial charge in [0.15, 0.2) is 28.4 Å². The molecule has 2 aromatic carbocycles. The Morgan fingerprint density at radius 1 is 0.964 bits per heavy atom. The van der Waals surface area contributed by atoms with Gasteiger partial charge in [-0.25, -0.2) is 4.79 Å². The Kier molecular flexibility index (Phi) is 2.65. The predicted molar refractivity (Wildman–Crippen MR) is 101 cm³/mol. The van der Waals surface area contributed by atoms with E-state index in [0.29, 0.717) is 44.8 Å². The number of aromatic hydroxyl groups is 1. The first-order valence-electron chi connectivity index (χ1n) is 8.78. The highest BCUT2D eigenvalue weighted by molar-refractivity contribution is 6.15. The molecule has 6 rings (SSSR count). The molecule has 2 aromatic heterocycles. The van der Waals surface area contributed by atoms with Gasteiger partial charge in [0.25, 0.3) is 0 Å². The van der Waals surface area contributed by atoms with E-state index in [4.69, 9.17) is 23.0 Å². The van der Waals surface area contributed by atoms with Crippen molar-refractivity contribution >= 4 is 39.0 Å². The molecule has 2 aliphatic rings. The Morgan fingerprint density at radius 3 is 2.54 bits per heavy atom. The van der Waals surface area contributed by atoms with Crippen molar-refractivity contribution in [2.75, 3.05) is 6.79 Å². The minimum Gasteiger partial charge on any atom is -0.504 e. The van der Waals surface area contributed by atoms with Gasteiger partial charge in [-0.2, -0.15) is 0 Å². The van der Waals surface area contributed by atoms with E-state index < -0.39 is 11.2 Å². The summed E-state index contributed by atoms with van der Waals surface area (Å²) in [6.45, 7) is 3.95. The van der Waals surface area contributed by atoms with Crippen molar-refractivity contribution in [3.8, 4) is 23.0 Å². The number of fused-ring (bicyclic) bond motifs is 7. The highest BCUT2D eigenvalue weighted by Crippen LogP contribution is 2.45. The van der Waals surface area contributed by atoms with Crippen LogP contribution in [0.1, 0.15) is 19.4 Å². The molecule has 2 aliphatic heterocycles. The lowest BCUT2D eigenvalue weighted by molar-refractivity contribution is 0.158. The number of ether oxygens (including phenoxy) is 3. The third-order valence-electron chi connectivity index (χ3n) is 5.11. The van der Waals surface area contributed by atoms with Gasteiger partial charge in [0.1, 0.15) is 22.3 Å². The maximum absolute atomic E-state index is 12.7. The molecule has 0 unspecified atom stereocenters. The molecule has 0 bridgehead atoms. The van der Waals surface area contributed by atoms with E-state index in [0.717, 1.165) is 0 Å². The van der Waals surface area contributed by atoms with E-state index >= 15 is 0 Å². The highest BCUT2D eigenvalue weighted by atomic mass is 16.7. The molecule has 4 aromatic rings. The van der Waals surface area contributed by atoms with E-state index in [1.165, 1.54) is 0 Å². The van der Waals surface area contributed by atoms with E-state index in [-0.39, 0.29) is 23.5 Å². The summed E-state index contributed by atoms with van der Waals surface area (Å²) < 4.78 is 28.2. The summed E-state index contributed by atoms with van der Waals surface area (Å²) in [4.78, 5) is 12.7. The van der Waals surface area contributed by atoms with Gasteiger partial charge in [-0.15, -0.1) is 0 Å². The summed E-state index contributed by atoms with van der Waals surface area (Å²) in [5, 5.41) is 12.0. The highest BCUT2D eigenvalue weighted by Gasteiger charge is 2.28. The van der Waals surface area contributed by atoms with Crippen LogP contribution in [0.5, 0.6) is 23.0 Å². The van der Waals surface area contributed by atoms with Crippen molar-refractivity contribution in [2.45, 2.75) is 19.4 Å². The zero-order chi connectivity index (χ0) is 19.2. The fourth-order valence-corrected chi connectivity index (χ4v) is 3.78. The Hall–Kier alpha value is -3.61. The number of hydrogen-bond acceptors (Lipinski definition) is 7. The molecule has 0 fully saturated rings. The maximum Gasteiger partial charge on any atom is 0.348 e. The molecule has 0 saturated carbocycles. The van der Waals surface area contributed by atoms with Crippen LogP contribution < -0.4 is 19.8 Å². The normalized spacial score (nSPS) is 16.6. The molecule has 0 saturated heterocycles. The van der Waals surface area contributed by atoms with Crippen LogP contribution in [0.4, 0.5) is 0 Å². The van der Waals surface area contributed by atoms with Gasteiger partial charge in [-0.1, -0.05) is 0 Å². The topological polar surface area (TPSA) is 91.3 Å². The average molecular weight is 378 g/mol. The zero-order valence-electron chi connectivity index (χ0n) is 15.0. The number of phenols is 1. The first kappa shape index (κ1) is 15.4. The molecule has 0 aliphatic carbocycles. The summed E-state index contributed by atoms with van der Waals surface area (Å²) in [6.07, 6.45) is 3.59. The van der Waals surface area contributed by atoms with Gasteiger partial charge in [0.2, 0.25) is 6.79 Å². The Bertz CT molecular complexity index is 1420. The van der Waals surface area contributed by atoms with Crippen molar-refractivity contribution in [1.82, 2.24) is 0 Å².